The van der Waals surface area contributed by atoms with Crippen molar-refractivity contribution in [2.24, 2.45) is 5.41 Å². The Kier molecular flexibility index (Phi) is 5.73. The molecule has 1 aromatic carbocycles. The van der Waals surface area contributed by atoms with Gasteiger partial charge in [-0.2, -0.15) is 4.31 Å². The van der Waals surface area contributed by atoms with Crippen LogP contribution in [0.25, 0.3) is 0 Å². The molecule has 9 heteroatoms. The van der Waals surface area contributed by atoms with Crippen LogP contribution in [0.3, 0.4) is 0 Å². The summed E-state index contributed by atoms with van der Waals surface area (Å²) in [5, 5.41) is 11.7. The molecule has 0 aromatic heterocycles. The Morgan fingerprint density at radius 1 is 1.11 bits per heavy atom. The van der Waals surface area contributed by atoms with Gasteiger partial charge in [0.1, 0.15) is 5.69 Å². The summed E-state index contributed by atoms with van der Waals surface area (Å²) in [6.45, 7) is 7.08. The van der Waals surface area contributed by atoms with E-state index >= 15 is 0 Å². The molecule has 2 fully saturated rings. The van der Waals surface area contributed by atoms with Gasteiger partial charge in [-0.1, -0.05) is 13.8 Å². The van der Waals surface area contributed by atoms with Crippen molar-refractivity contribution < 1.29 is 18.1 Å². The third kappa shape index (κ3) is 4.41. The fourth-order valence-corrected chi connectivity index (χ4v) is 5.11. The summed E-state index contributed by atoms with van der Waals surface area (Å²) in [4.78, 5) is 13.2. The van der Waals surface area contributed by atoms with Crippen LogP contribution >= 0.6 is 0 Å². The van der Waals surface area contributed by atoms with Crippen LogP contribution < -0.4 is 4.90 Å². The Labute approximate surface area is 160 Å². The minimum atomic E-state index is -3.76. The molecule has 1 aromatic rings. The molecule has 2 heterocycles. The number of sulfonamides is 1. The Morgan fingerprint density at radius 3 is 2.48 bits per heavy atom. The van der Waals surface area contributed by atoms with Gasteiger partial charge in [0.05, 0.1) is 23.0 Å². The van der Waals surface area contributed by atoms with Gasteiger partial charge in [-0.25, -0.2) is 8.42 Å². The lowest BCUT2D eigenvalue weighted by Gasteiger charge is -2.27. The van der Waals surface area contributed by atoms with Gasteiger partial charge in [-0.05, 0) is 36.8 Å². The van der Waals surface area contributed by atoms with Crippen LogP contribution in [0.2, 0.25) is 0 Å². The predicted octanol–water partition coefficient (Wildman–Crippen LogP) is 2.63. The van der Waals surface area contributed by atoms with Crippen molar-refractivity contribution >= 4 is 21.4 Å². The second-order valence-corrected chi connectivity index (χ2v) is 9.87. The molecule has 0 spiro atoms. The average Bonchev–Trinajstić information content (AvgIpc) is 2.82. The molecule has 0 amide bonds. The van der Waals surface area contributed by atoms with E-state index in [1.54, 1.807) is 6.07 Å². The van der Waals surface area contributed by atoms with Gasteiger partial charge in [-0.15, -0.1) is 0 Å². The Bertz CT molecular complexity index is 803. The van der Waals surface area contributed by atoms with Crippen LogP contribution in [-0.2, 0) is 14.8 Å². The standard InChI is InChI=1S/C18H27N3O5S/c1-18(2)6-3-8-19(9-7-18)16-5-4-15(14-17(16)21(22)23)27(24,25)20-10-12-26-13-11-20/h4-5,14H,3,6-13H2,1-2H3. The number of hydrogen-bond acceptors (Lipinski definition) is 6. The number of rotatable bonds is 4. The number of morpholine rings is 1. The first-order chi connectivity index (χ1) is 12.7. The normalized spacial score (nSPS) is 21.6. The number of nitro benzene ring substituents is 1. The molecule has 0 unspecified atom stereocenters. The lowest BCUT2D eigenvalue weighted by molar-refractivity contribution is -0.384. The summed E-state index contributed by atoms with van der Waals surface area (Å²) in [6, 6.07) is 4.28. The van der Waals surface area contributed by atoms with Gasteiger partial charge >= 0.3 is 0 Å². The molecular formula is C18H27N3O5S. The van der Waals surface area contributed by atoms with E-state index in [1.165, 1.54) is 16.4 Å². The molecule has 8 nitrogen and oxygen atoms in total. The van der Waals surface area contributed by atoms with E-state index in [9.17, 15) is 18.5 Å². The van der Waals surface area contributed by atoms with Gasteiger partial charge in [0.2, 0.25) is 10.0 Å². The van der Waals surface area contributed by atoms with Crippen LogP contribution in [0.5, 0.6) is 0 Å². The fourth-order valence-electron chi connectivity index (χ4n) is 3.68. The van der Waals surface area contributed by atoms with E-state index in [-0.39, 0.29) is 29.1 Å². The maximum atomic E-state index is 12.8. The van der Waals surface area contributed by atoms with E-state index < -0.39 is 14.9 Å². The summed E-state index contributed by atoms with van der Waals surface area (Å²) in [7, 11) is -3.76. The molecule has 0 radical (unpaired) electrons. The van der Waals surface area contributed by atoms with Gasteiger partial charge < -0.3 is 9.64 Å². The SMILES string of the molecule is CC1(C)CCCN(c2ccc(S(=O)(=O)N3CCOCC3)cc2[N+](=O)[O-])CC1. The Hall–Kier alpha value is -1.71. The molecule has 0 N–H and O–H groups in total. The monoisotopic (exact) mass is 397 g/mol. The Balaban J connectivity index is 1.92. The van der Waals surface area contributed by atoms with Crippen LogP contribution in [0.1, 0.15) is 33.1 Å². The molecule has 0 atom stereocenters. The minimum Gasteiger partial charge on any atom is -0.379 e. The number of nitrogens with zero attached hydrogens (tertiary/aromatic N) is 3. The third-order valence-electron chi connectivity index (χ3n) is 5.43. The number of anilines is 1. The summed E-state index contributed by atoms with van der Waals surface area (Å²) >= 11 is 0. The second kappa shape index (κ2) is 7.73. The fraction of sp³-hybridized carbons (Fsp3) is 0.667. The van der Waals surface area contributed by atoms with E-state index in [2.05, 4.69) is 13.8 Å². The number of hydrogen-bond donors (Lipinski definition) is 0. The number of nitro groups is 1. The van der Waals surface area contributed by atoms with Crippen LogP contribution in [-0.4, -0.2) is 57.0 Å². The average molecular weight is 397 g/mol. The highest BCUT2D eigenvalue weighted by molar-refractivity contribution is 7.89. The molecule has 2 aliphatic heterocycles. The maximum Gasteiger partial charge on any atom is 0.293 e. The van der Waals surface area contributed by atoms with E-state index in [0.717, 1.165) is 32.4 Å². The van der Waals surface area contributed by atoms with Crippen LogP contribution in [0.15, 0.2) is 23.1 Å². The quantitative estimate of drug-likeness (QED) is 0.573. The number of benzene rings is 1. The number of ether oxygens (including phenoxy) is 1. The largest absolute Gasteiger partial charge is 0.379 e. The van der Waals surface area contributed by atoms with Gasteiger partial charge in [0.15, 0.2) is 0 Å². The molecular weight excluding hydrogens is 370 g/mol. The van der Waals surface area contributed by atoms with E-state index in [1.807, 2.05) is 4.90 Å². The van der Waals surface area contributed by atoms with Gasteiger partial charge in [0, 0.05) is 32.2 Å². The lowest BCUT2D eigenvalue weighted by atomic mass is 9.85. The van der Waals surface area contributed by atoms with Crippen molar-refractivity contribution in [2.45, 2.75) is 38.0 Å². The Morgan fingerprint density at radius 2 is 1.81 bits per heavy atom. The first kappa shape index (κ1) is 20.0. The third-order valence-corrected chi connectivity index (χ3v) is 7.33. The van der Waals surface area contributed by atoms with Crippen molar-refractivity contribution in [1.82, 2.24) is 4.31 Å². The molecule has 3 rings (SSSR count). The van der Waals surface area contributed by atoms with Crippen LogP contribution in [0.4, 0.5) is 11.4 Å². The van der Waals surface area contributed by atoms with Gasteiger partial charge in [-0.3, -0.25) is 10.1 Å². The van der Waals surface area contributed by atoms with Crippen molar-refractivity contribution in [3.8, 4) is 0 Å². The molecule has 150 valence electrons. The highest BCUT2D eigenvalue weighted by atomic mass is 32.2. The van der Waals surface area contributed by atoms with Crippen molar-refractivity contribution in [2.75, 3.05) is 44.3 Å². The zero-order valence-electron chi connectivity index (χ0n) is 15.9. The molecule has 2 saturated heterocycles. The van der Waals surface area contributed by atoms with E-state index in [4.69, 9.17) is 4.74 Å². The summed E-state index contributed by atoms with van der Waals surface area (Å²) in [5.41, 5.74) is 0.561. The predicted molar refractivity (Wildman–Crippen MR) is 103 cm³/mol. The van der Waals surface area contributed by atoms with Gasteiger partial charge in [0.25, 0.3) is 5.69 Å². The molecule has 27 heavy (non-hydrogen) atoms. The van der Waals surface area contributed by atoms with E-state index in [0.29, 0.717) is 18.9 Å². The first-order valence-electron chi connectivity index (χ1n) is 9.32. The lowest BCUT2D eigenvalue weighted by Crippen LogP contribution is -2.40. The molecule has 0 aliphatic carbocycles. The zero-order valence-corrected chi connectivity index (χ0v) is 16.7. The summed E-state index contributed by atoms with van der Waals surface area (Å²) in [6.07, 6.45) is 2.97. The topological polar surface area (TPSA) is 93.0 Å². The van der Waals surface area contributed by atoms with Crippen molar-refractivity contribution in [1.29, 1.82) is 0 Å². The smallest absolute Gasteiger partial charge is 0.293 e. The summed E-state index contributed by atoms with van der Waals surface area (Å²) < 4.78 is 32.2. The maximum absolute atomic E-state index is 12.8. The molecule has 0 bridgehead atoms. The highest BCUT2D eigenvalue weighted by Crippen LogP contribution is 2.36. The second-order valence-electron chi connectivity index (χ2n) is 7.93. The van der Waals surface area contributed by atoms with Crippen LogP contribution in [0, 0.1) is 15.5 Å². The van der Waals surface area contributed by atoms with Crippen molar-refractivity contribution in [3.63, 3.8) is 0 Å². The molecule has 0 saturated carbocycles. The first-order valence-corrected chi connectivity index (χ1v) is 10.8. The molecule has 2 aliphatic rings. The zero-order chi connectivity index (χ0) is 19.7. The van der Waals surface area contributed by atoms with Crippen molar-refractivity contribution in [3.05, 3.63) is 28.3 Å². The summed E-state index contributed by atoms with van der Waals surface area (Å²) in [5.74, 6) is 0. The highest BCUT2D eigenvalue weighted by Gasteiger charge is 2.31. The minimum absolute atomic E-state index is 0.0324.